The lowest BCUT2D eigenvalue weighted by Gasteiger charge is -2.18. The lowest BCUT2D eigenvalue weighted by Crippen LogP contribution is -2.30. The first kappa shape index (κ1) is 12.4. The van der Waals surface area contributed by atoms with Crippen LogP contribution < -0.4 is 0 Å². The van der Waals surface area contributed by atoms with Gasteiger partial charge in [-0.15, -0.1) is 0 Å². The van der Waals surface area contributed by atoms with Crippen LogP contribution >= 0.6 is 0 Å². The van der Waals surface area contributed by atoms with E-state index in [1.54, 1.807) is 6.08 Å². The molecule has 1 unspecified atom stereocenters. The fourth-order valence-electron chi connectivity index (χ4n) is 1.36. The molecule has 0 amide bonds. The molecule has 0 saturated heterocycles. The van der Waals surface area contributed by atoms with E-state index in [1.807, 2.05) is 19.6 Å². The van der Waals surface area contributed by atoms with Crippen LogP contribution in [0.25, 0.3) is 0 Å². The van der Waals surface area contributed by atoms with Gasteiger partial charge in [0.25, 0.3) is 5.97 Å². The Hall–Kier alpha value is -0.623. The SMILES string of the molecule is C[Si](C)(C)OC(=O)CC1C=CS(=O)(=O)C1. The summed E-state index contributed by atoms with van der Waals surface area (Å²) in [5.74, 6) is -0.465. The zero-order chi connectivity index (χ0) is 11.7. The topological polar surface area (TPSA) is 60.4 Å². The number of sulfone groups is 1. The zero-order valence-electron chi connectivity index (χ0n) is 9.19. The van der Waals surface area contributed by atoms with Crippen molar-refractivity contribution in [2.75, 3.05) is 5.75 Å². The summed E-state index contributed by atoms with van der Waals surface area (Å²) >= 11 is 0. The molecule has 0 N–H and O–H groups in total. The van der Waals surface area contributed by atoms with Crippen LogP contribution in [0.3, 0.4) is 0 Å². The van der Waals surface area contributed by atoms with E-state index in [4.69, 9.17) is 4.43 Å². The standard InChI is InChI=1S/C9H16O4SSi/c1-15(2,3)13-9(10)6-8-4-5-14(11,12)7-8/h4-5,8H,6-7H2,1-3H3. The van der Waals surface area contributed by atoms with E-state index in [0.29, 0.717) is 0 Å². The maximum atomic E-state index is 11.4. The molecule has 0 aromatic rings. The van der Waals surface area contributed by atoms with Crippen molar-refractivity contribution < 1.29 is 17.6 Å². The number of rotatable bonds is 3. The number of hydrogen-bond acceptors (Lipinski definition) is 4. The first-order valence-corrected chi connectivity index (χ1v) is 9.93. The quantitative estimate of drug-likeness (QED) is 0.707. The van der Waals surface area contributed by atoms with Crippen LogP contribution in [0.15, 0.2) is 11.5 Å². The van der Waals surface area contributed by atoms with Crippen molar-refractivity contribution in [3.63, 3.8) is 0 Å². The molecule has 1 heterocycles. The summed E-state index contributed by atoms with van der Waals surface area (Å²) in [7, 11) is -4.91. The molecule has 15 heavy (non-hydrogen) atoms. The van der Waals surface area contributed by atoms with Crippen LogP contribution in [0.1, 0.15) is 6.42 Å². The maximum absolute atomic E-state index is 11.4. The van der Waals surface area contributed by atoms with Crippen molar-refractivity contribution in [1.29, 1.82) is 0 Å². The van der Waals surface area contributed by atoms with Gasteiger partial charge in [0.2, 0.25) is 8.32 Å². The third kappa shape index (κ3) is 4.61. The number of allylic oxidation sites excluding steroid dienone is 1. The van der Waals surface area contributed by atoms with Gasteiger partial charge in [0.15, 0.2) is 9.84 Å². The Balaban J connectivity index is 2.45. The molecule has 0 radical (unpaired) electrons. The summed E-state index contributed by atoms with van der Waals surface area (Å²) in [5.41, 5.74) is 0. The highest BCUT2D eigenvalue weighted by Gasteiger charge is 2.26. The molecule has 1 aliphatic heterocycles. The second-order valence-electron chi connectivity index (χ2n) is 4.71. The second kappa shape index (κ2) is 4.09. The Morgan fingerprint density at radius 3 is 2.47 bits per heavy atom. The monoisotopic (exact) mass is 248 g/mol. The molecule has 0 bridgehead atoms. The molecule has 6 heteroatoms. The van der Waals surface area contributed by atoms with Crippen molar-refractivity contribution in [3.05, 3.63) is 11.5 Å². The minimum Gasteiger partial charge on any atom is -0.520 e. The van der Waals surface area contributed by atoms with Gasteiger partial charge in [-0.1, -0.05) is 6.08 Å². The predicted octanol–water partition coefficient (Wildman–Crippen LogP) is 1.31. The maximum Gasteiger partial charge on any atom is 0.293 e. The molecule has 86 valence electrons. The minimum atomic E-state index is -3.06. The van der Waals surface area contributed by atoms with Gasteiger partial charge >= 0.3 is 0 Å². The Labute approximate surface area is 91.4 Å². The smallest absolute Gasteiger partial charge is 0.293 e. The van der Waals surface area contributed by atoms with Crippen molar-refractivity contribution in [1.82, 2.24) is 0 Å². The summed E-state index contributed by atoms with van der Waals surface area (Å²) in [4.78, 5) is 11.4. The van der Waals surface area contributed by atoms with E-state index in [9.17, 15) is 13.2 Å². The highest BCUT2D eigenvalue weighted by molar-refractivity contribution is 7.94. The van der Waals surface area contributed by atoms with Crippen LogP contribution in [-0.2, 0) is 19.1 Å². The van der Waals surface area contributed by atoms with Crippen LogP contribution in [0.4, 0.5) is 0 Å². The Morgan fingerprint density at radius 1 is 1.47 bits per heavy atom. The van der Waals surface area contributed by atoms with Gasteiger partial charge in [-0.05, 0) is 19.6 Å². The Kier molecular flexibility index (Phi) is 3.40. The lowest BCUT2D eigenvalue weighted by molar-refractivity contribution is -0.135. The van der Waals surface area contributed by atoms with Gasteiger partial charge in [0, 0.05) is 11.3 Å². The highest BCUT2D eigenvalue weighted by atomic mass is 32.2. The van der Waals surface area contributed by atoms with Crippen molar-refractivity contribution >= 4 is 24.1 Å². The van der Waals surface area contributed by atoms with Crippen molar-refractivity contribution in [2.45, 2.75) is 26.1 Å². The average Bonchev–Trinajstić information content (AvgIpc) is 2.25. The van der Waals surface area contributed by atoms with Gasteiger partial charge in [-0.25, -0.2) is 8.42 Å². The lowest BCUT2D eigenvalue weighted by atomic mass is 10.1. The van der Waals surface area contributed by atoms with Crippen LogP contribution in [-0.4, -0.2) is 28.5 Å². The largest absolute Gasteiger partial charge is 0.520 e. The minimum absolute atomic E-state index is 0.0355. The molecule has 0 saturated carbocycles. The van der Waals surface area contributed by atoms with Gasteiger partial charge in [-0.2, -0.15) is 0 Å². The molecule has 0 spiro atoms. The molecule has 0 aromatic carbocycles. The molecule has 1 rings (SSSR count). The fourth-order valence-corrected chi connectivity index (χ4v) is 3.53. The van der Waals surface area contributed by atoms with Crippen LogP contribution in [0.2, 0.25) is 19.6 Å². The summed E-state index contributed by atoms with van der Waals surface area (Å²) in [6, 6.07) is 0. The van der Waals surface area contributed by atoms with Crippen molar-refractivity contribution in [2.24, 2.45) is 5.92 Å². The molecular weight excluding hydrogens is 232 g/mol. The molecule has 0 aliphatic carbocycles. The van der Waals surface area contributed by atoms with Crippen molar-refractivity contribution in [3.8, 4) is 0 Å². The highest BCUT2D eigenvalue weighted by Crippen LogP contribution is 2.19. The molecule has 0 aromatic heterocycles. The Morgan fingerprint density at radius 2 is 2.07 bits per heavy atom. The summed E-state index contributed by atoms with van der Waals surface area (Å²) in [5, 5.41) is 1.18. The summed E-state index contributed by atoms with van der Waals surface area (Å²) in [6.45, 7) is 5.77. The normalized spacial score (nSPS) is 24.1. The van der Waals surface area contributed by atoms with Gasteiger partial charge in [-0.3, -0.25) is 4.79 Å². The van der Waals surface area contributed by atoms with E-state index < -0.39 is 18.2 Å². The number of carbonyl (C=O) groups excluding carboxylic acids is 1. The van der Waals surface area contributed by atoms with Gasteiger partial charge < -0.3 is 4.43 Å². The molecule has 0 fully saturated rings. The molecule has 1 aliphatic rings. The van der Waals surface area contributed by atoms with E-state index in [1.165, 1.54) is 5.41 Å². The summed E-state index contributed by atoms with van der Waals surface area (Å²) in [6.07, 6.45) is 1.74. The fraction of sp³-hybridized carbons (Fsp3) is 0.667. The first-order valence-electron chi connectivity index (χ1n) is 4.81. The van der Waals surface area contributed by atoms with Gasteiger partial charge in [0.1, 0.15) is 0 Å². The van der Waals surface area contributed by atoms with E-state index in [2.05, 4.69) is 0 Å². The predicted molar refractivity (Wildman–Crippen MR) is 60.5 cm³/mol. The van der Waals surface area contributed by atoms with Crippen LogP contribution in [0, 0.1) is 5.92 Å². The third-order valence-corrected chi connectivity index (χ3v) is 4.16. The first-order chi connectivity index (χ1) is 6.68. The van der Waals surface area contributed by atoms with E-state index in [-0.39, 0.29) is 24.1 Å². The van der Waals surface area contributed by atoms with Gasteiger partial charge in [0.05, 0.1) is 12.2 Å². The molecular formula is C9H16O4SSi. The summed E-state index contributed by atoms with van der Waals surface area (Å²) < 4.78 is 27.4. The Bertz CT molecular complexity index is 377. The van der Waals surface area contributed by atoms with E-state index >= 15 is 0 Å². The second-order valence-corrected chi connectivity index (χ2v) is 11.1. The number of carbonyl (C=O) groups is 1. The van der Waals surface area contributed by atoms with E-state index in [0.717, 1.165) is 0 Å². The molecule has 4 nitrogen and oxygen atoms in total. The third-order valence-electron chi connectivity index (χ3n) is 1.85. The zero-order valence-corrected chi connectivity index (χ0v) is 11.0. The van der Waals surface area contributed by atoms with Crippen LogP contribution in [0.5, 0.6) is 0 Å². The molecule has 1 atom stereocenters. The number of hydrogen-bond donors (Lipinski definition) is 0. The average molecular weight is 248 g/mol.